The molecule has 0 saturated carbocycles. The molecule has 0 spiro atoms. The Labute approximate surface area is 136 Å². The first-order chi connectivity index (χ1) is 9.78. The van der Waals surface area contributed by atoms with Gasteiger partial charge in [0.2, 0.25) is 5.13 Å². The van der Waals surface area contributed by atoms with Crippen LogP contribution in [0, 0.1) is 5.92 Å². The fourth-order valence-electron chi connectivity index (χ4n) is 1.49. The Morgan fingerprint density at radius 3 is 2.67 bits per heavy atom. The minimum Gasteiger partial charge on any atom is -0.389 e. The zero-order chi connectivity index (χ0) is 15.6. The van der Waals surface area contributed by atoms with Gasteiger partial charge in [0.15, 0.2) is 0 Å². The van der Waals surface area contributed by atoms with Gasteiger partial charge in [0, 0.05) is 6.42 Å². The molecule has 0 fully saturated rings. The smallest absolute Gasteiger partial charge is 0.273 e. The number of aromatic nitrogens is 2. The van der Waals surface area contributed by atoms with Gasteiger partial charge in [-0.25, -0.2) is 8.42 Å². The first-order valence-corrected chi connectivity index (χ1v) is 9.55. The molecule has 2 heterocycles. The van der Waals surface area contributed by atoms with E-state index in [-0.39, 0.29) is 14.3 Å². The summed E-state index contributed by atoms with van der Waals surface area (Å²) in [6, 6.07) is 3.06. The molecule has 0 aliphatic carbocycles. The fraction of sp³-hybridized carbons (Fsp3) is 0.364. The zero-order valence-corrected chi connectivity index (χ0v) is 14.6. The van der Waals surface area contributed by atoms with Crippen LogP contribution in [0.2, 0.25) is 0 Å². The van der Waals surface area contributed by atoms with Crippen molar-refractivity contribution < 1.29 is 8.42 Å². The van der Waals surface area contributed by atoms with Crippen LogP contribution < -0.4 is 10.5 Å². The second kappa shape index (κ2) is 6.34. The van der Waals surface area contributed by atoms with Crippen molar-refractivity contribution in [3.63, 3.8) is 0 Å². The fourth-order valence-corrected chi connectivity index (χ4v) is 5.02. The van der Waals surface area contributed by atoms with E-state index in [0.717, 1.165) is 22.8 Å². The summed E-state index contributed by atoms with van der Waals surface area (Å²) < 4.78 is 27.0. The number of sulfonamides is 1. The van der Waals surface area contributed by atoms with E-state index in [1.54, 1.807) is 6.07 Å². The molecule has 0 aromatic carbocycles. The van der Waals surface area contributed by atoms with Crippen molar-refractivity contribution in [2.24, 2.45) is 11.7 Å². The Hall–Kier alpha value is -1.10. The molecular weight excluding hydrogens is 348 g/mol. The summed E-state index contributed by atoms with van der Waals surface area (Å²) in [5.41, 5.74) is 5.48. The molecule has 0 saturated heterocycles. The molecule has 0 aliphatic heterocycles. The Balaban J connectivity index is 2.16. The summed E-state index contributed by atoms with van der Waals surface area (Å²) in [5, 5.41) is 8.89. The Bertz CT molecular complexity index is 748. The molecule has 6 nitrogen and oxygen atoms in total. The van der Waals surface area contributed by atoms with Crippen molar-refractivity contribution >= 4 is 55.0 Å². The molecule has 114 valence electrons. The molecular formula is C11H14N4O2S4. The van der Waals surface area contributed by atoms with E-state index >= 15 is 0 Å². The largest absolute Gasteiger partial charge is 0.389 e. The number of anilines is 1. The molecule has 3 N–H and O–H groups in total. The summed E-state index contributed by atoms with van der Waals surface area (Å²) in [6.45, 7) is 4.13. The maximum Gasteiger partial charge on any atom is 0.273 e. The van der Waals surface area contributed by atoms with Gasteiger partial charge in [-0.05, 0) is 18.1 Å². The highest BCUT2D eigenvalue weighted by molar-refractivity contribution is 7.95. The third-order valence-corrected chi connectivity index (χ3v) is 6.65. The van der Waals surface area contributed by atoms with Gasteiger partial charge in [0.05, 0.1) is 4.88 Å². The summed E-state index contributed by atoms with van der Waals surface area (Å²) in [5.74, 6) is 0.438. The standard InChI is InChI=1S/C11H14N4O2S4/c1-6(2)5-8-13-14-11(20-8)15-21(16,17)9-4-3-7(19-9)10(12)18/h3-4,6H,5H2,1-2H3,(H2,12,18)(H,14,15). The number of thiocarbonyl (C=S) groups is 1. The predicted octanol–water partition coefficient (Wildman–Crippen LogP) is 2.23. The lowest BCUT2D eigenvalue weighted by Crippen LogP contribution is -2.11. The number of nitrogens with one attached hydrogen (secondary N) is 1. The van der Waals surface area contributed by atoms with Crippen LogP contribution in [0.3, 0.4) is 0 Å². The maximum atomic E-state index is 12.2. The summed E-state index contributed by atoms with van der Waals surface area (Å²) in [4.78, 5) is 0.736. The lowest BCUT2D eigenvalue weighted by Gasteiger charge is -2.01. The summed E-state index contributed by atoms with van der Waals surface area (Å²) in [6.07, 6.45) is 0.768. The second-order valence-corrected chi connectivity index (χ2v) is 9.18. The van der Waals surface area contributed by atoms with E-state index in [4.69, 9.17) is 18.0 Å². The van der Waals surface area contributed by atoms with E-state index in [2.05, 4.69) is 28.8 Å². The lowest BCUT2D eigenvalue weighted by molar-refractivity contribution is 0.603. The highest BCUT2D eigenvalue weighted by atomic mass is 32.2. The first kappa shape index (κ1) is 16.3. The van der Waals surface area contributed by atoms with Gasteiger partial charge in [0.1, 0.15) is 14.2 Å². The minimum absolute atomic E-state index is 0.144. The van der Waals surface area contributed by atoms with Crippen LogP contribution in [0.1, 0.15) is 23.7 Å². The molecule has 2 aromatic heterocycles. The Morgan fingerprint density at radius 1 is 1.38 bits per heavy atom. The third kappa shape index (κ3) is 4.19. The topological polar surface area (TPSA) is 98.0 Å². The van der Waals surface area contributed by atoms with Crippen LogP contribution >= 0.6 is 34.9 Å². The molecule has 0 radical (unpaired) electrons. The van der Waals surface area contributed by atoms with Crippen LogP contribution in [-0.2, 0) is 16.4 Å². The number of hydrogen-bond donors (Lipinski definition) is 2. The third-order valence-electron chi connectivity index (χ3n) is 2.36. The lowest BCUT2D eigenvalue weighted by atomic mass is 10.1. The quantitative estimate of drug-likeness (QED) is 0.765. The number of nitrogens with two attached hydrogens (primary N) is 1. The van der Waals surface area contributed by atoms with Crippen molar-refractivity contribution in [2.75, 3.05) is 4.72 Å². The molecule has 0 atom stereocenters. The van der Waals surface area contributed by atoms with Crippen molar-refractivity contribution in [3.05, 3.63) is 22.0 Å². The monoisotopic (exact) mass is 362 g/mol. The van der Waals surface area contributed by atoms with Crippen LogP contribution in [0.5, 0.6) is 0 Å². The van der Waals surface area contributed by atoms with Gasteiger partial charge in [-0.3, -0.25) is 4.72 Å². The van der Waals surface area contributed by atoms with E-state index in [9.17, 15) is 8.42 Å². The molecule has 0 amide bonds. The normalized spacial score (nSPS) is 11.8. The van der Waals surface area contributed by atoms with Gasteiger partial charge in [-0.15, -0.1) is 21.5 Å². The number of nitrogens with zero attached hydrogens (tertiary/aromatic N) is 2. The van der Waals surface area contributed by atoms with Gasteiger partial charge in [-0.2, -0.15) is 0 Å². The van der Waals surface area contributed by atoms with Crippen molar-refractivity contribution in [1.82, 2.24) is 10.2 Å². The Kier molecular flexibility index (Phi) is 4.91. The van der Waals surface area contributed by atoms with Crippen molar-refractivity contribution in [1.29, 1.82) is 0 Å². The van der Waals surface area contributed by atoms with Gasteiger partial charge in [0.25, 0.3) is 10.0 Å². The van der Waals surface area contributed by atoms with E-state index in [1.165, 1.54) is 17.4 Å². The number of thiophene rings is 1. The zero-order valence-electron chi connectivity index (χ0n) is 11.4. The average Bonchev–Trinajstić information content (AvgIpc) is 2.97. The highest BCUT2D eigenvalue weighted by Gasteiger charge is 2.20. The molecule has 10 heteroatoms. The van der Waals surface area contributed by atoms with E-state index < -0.39 is 10.0 Å². The highest BCUT2D eigenvalue weighted by Crippen LogP contribution is 2.26. The van der Waals surface area contributed by atoms with Gasteiger partial charge in [-0.1, -0.05) is 37.4 Å². The summed E-state index contributed by atoms with van der Waals surface area (Å²) in [7, 11) is -3.68. The molecule has 2 aromatic rings. The van der Waals surface area contributed by atoms with Crippen molar-refractivity contribution in [3.8, 4) is 0 Å². The van der Waals surface area contributed by atoms with Crippen LogP contribution in [0.15, 0.2) is 16.3 Å². The van der Waals surface area contributed by atoms with Crippen molar-refractivity contribution in [2.45, 2.75) is 24.5 Å². The number of rotatable bonds is 6. The Morgan fingerprint density at radius 2 is 2.10 bits per heavy atom. The van der Waals surface area contributed by atoms with Gasteiger partial charge < -0.3 is 5.73 Å². The molecule has 21 heavy (non-hydrogen) atoms. The number of hydrogen-bond acceptors (Lipinski definition) is 7. The van der Waals surface area contributed by atoms with Gasteiger partial charge >= 0.3 is 0 Å². The van der Waals surface area contributed by atoms with E-state index in [1.807, 2.05) is 0 Å². The molecule has 2 rings (SSSR count). The average molecular weight is 363 g/mol. The van der Waals surface area contributed by atoms with E-state index in [0.29, 0.717) is 10.8 Å². The van der Waals surface area contributed by atoms with Crippen LogP contribution in [0.25, 0.3) is 0 Å². The van der Waals surface area contributed by atoms with Crippen LogP contribution in [0.4, 0.5) is 5.13 Å². The SMILES string of the molecule is CC(C)Cc1nnc(NS(=O)(=O)c2ccc(C(N)=S)s2)s1. The molecule has 0 bridgehead atoms. The van der Waals surface area contributed by atoms with Crippen LogP contribution in [-0.4, -0.2) is 23.6 Å². The summed E-state index contributed by atoms with van der Waals surface area (Å²) >= 11 is 7.09. The maximum absolute atomic E-state index is 12.2. The molecule has 0 unspecified atom stereocenters. The minimum atomic E-state index is -3.68. The predicted molar refractivity (Wildman–Crippen MR) is 89.5 cm³/mol. The second-order valence-electron chi connectivity index (χ2n) is 4.69. The first-order valence-electron chi connectivity index (χ1n) is 6.03. The molecule has 0 aliphatic rings.